The Morgan fingerprint density at radius 1 is 1.32 bits per heavy atom. The van der Waals surface area contributed by atoms with Crippen molar-refractivity contribution in [3.05, 3.63) is 35.4 Å². The molecule has 0 N–H and O–H groups in total. The van der Waals surface area contributed by atoms with Gasteiger partial charge in [0.1, 0.15) is 6.10 Å². The summed E-state index contributed by atoms with van der Waals surface area (Å²) in [5, 5.41) is 8.95. The number of rotatable bonds is 3. The van der Waals surface area contributed by atoms with Gasteiger partial charge in [-0.05, 0) is 30.5 Å². The molecule has 1 amide bonds. The van der Waals surface area contributed by atoms with E-state index in [1.165, 1.54) is 0 Å². The van der Waals surface area contributed by atoms with Crippen molar-refractivity contribution in [2.24, 2.45) is 0 Å². The Morgan fingerprint density at radius 3 is 2.82 bits per heavy atom. The molecule has 2 saturated heterocycles. The van der Waals surface area contributed by atoms with Gasteiger partial charge in [-0.2, -0.15) is 5.26 Å². The number of benzene rings is 1. The van der Waals surface area contributed by atoms with Crippen LogP contribution in [0.15, 0.2) is 24.3 Å². The van der Waals surface area contributed by atoms with E-state index in [4.69, 9.17) is 10.00 Å². The molecular formula is C17H21N3O2. The van der Waals surface area contributed by atoms with Crippen molar-refractivity contribution in [2.45, 2.75) is 25.5 Å². The molecule has 2 fully saturated rings. The van der Waals surface area contributed by atoms with Crippen LogP contribution in [-0.2, 0) is 16.1 Å². The first-order chi connectivity index (χ1) is 10.8. The number of hydrogen-bond acceptors (Lipinski definition) is 4. The fraction of sp³-hybridized carbons (Fsp3) is 0.529. The average Bonchev–Trinajstić information content (AvgIpc) is 3.09. The molecule has 3 rings (SSSR count). The van der Waals surface area contributed by atoms with Gasteiger partial charge in [0, 0.05) is 39.3 Å². The highest BCUT2D eigenvalue weighted by atomic mass is 16.5. The third kappa shape index (κ3) is 3.46. The maximum Gasteiger partial charge on any atom is 0.251 e. The Morgan fingerprint density at radius 2 is 2.14 bits per heavy atom. The molecule has 116 valence electrons. The van der Waals surface area contributed by atoms with Crippen LogP contribution >= 0.6 is 0 Å². The third-order valence-corrected chi connectivity index (χ3v) is 4.35. The van der Waals surface area contributed by atoms with Crippen molar-refractivity contribution in [2.75, 3.05) is 32.8 Å². The zero-order chi connectivity index (χ0) is 15.4. The Hall–Kier alpha value is -1.90. The highest BCUT2D eigenvalue weighted by Crippen LogP contribution is 2.17. The Balaban J connectivity index is 1.51. The van der Waals surface area contributed by atoms with Gasteiger partial charge in [-0.3, -0.25) is 9.69 Å². The molecular weight excluding hydrogens is 278 g/mol. The molecule has 1 aromatic rings. The van der Waals surface area contributed by atoms with Crippen LogP contribution in [0.1, 0.15) is 24.0 Å². The van der Waals surface area contributed by atoms with Gasteiger partial charge in [-0.25, -0.2) is 0 Å². The van der Waals surface area contributed by atoms with E-state index < -0.39 is 0 Å². The fourth-order valence-corrected chi connectivity index (χ4v) is 3.10. The molecule has 0 aromatic heterocycles. The quantitative estimate of drug-likeness (QED) is 0.846. The summed E-state index contributed by atoms with van der Waals surface area (Å²) >= 11 is 0. The number of nitrogens with zero attached hydrogens (tertiary/aromatic N) is 3. The fourth-order valence-electron chi connectivity index (χ4n) is 3.10. The van der Waals surface area contributed by atoms with Crippen LogP contribution in [-0.4, -0.2) is 54.6 Å². The first-order valence-corrected chi connectivity index (χ1v) is 7.88. The number of carbonyl (C=O) groups excluding carboxylic acids is 1. The molecule has 5 heteroatoms. The van der Waals surface area contributed by atoms with Crippen LogP contribution in [0.3, 0.4) is 0 Å². The van der Waals surface area contributed by atoms with Crippen LogP contribution in [0.25, 0.3) is 0 Å². The Labute approximate surface area is 131 Å². The number of nitriles is 1. The van der Waals surface area contributed by atoms with Gasteiger partial charge in [0.05, 0.1) is 11.6 Å². The summed E-state index contributed by atoms with van der Waals surface area (Å²) in [5.74, 6) is 0.156. The summed E-state index contributed by atoms with van der Waals surface area (Å²) in [4.78, 5) is 16.6. The average molecular weight is 299 g/mol. The van der Waals surface area contributed by atoms with E-state index in [9.17, 15) is 4.79 Å². The van der Waals surface area contributed by atoms with Crippen LogP contribution in [0.2, 0.25) is 0 Å². The molecule has 2 aliphatic rings. The van der Waals surface area contributed by atoms with E-state index in [1.54, 1.807) is 0 Å². The SMILES string of the molecule is N#Cc1cccc(CN2CCN(C(=O)[C@H]3CCCO3)CC2)c1. The van der Waals surface area contributed by atoms with Gasteiger partial charge in [-0.1, -0.05) is 12.1 Å². The largest absolute Gasteiger partial charge is 0.368 e. The highest BCUT2D eigenvalue weighted by Gasteiger charge is 2.30. The summed E-state index contributed by atoms with van der Waals surface area (Å²) in [7, 11) is 0. The second-order valence-corrected chi connectivity index (χ2v) is 5.92. The lowest BCUT2D eigenvalue weighted by atomic mass is 10.1. The second kappa shape index (κ2) is 6.91. The number of ether oxygens (including phenoxy) is 1. The normalized spacial score (nSPS) is 22.5. The maximum atomic E-state index is 12.3. The molecule has 0 bridgehead atoms. The smallest absolute Gasteiger partial charge is 0.251 e. The molecule has 2 aliphatic heterocycles. The highest BCUT2D eigenvalue weighted by molar-refractivity contribution is 5.81. The van der Waals surface area contributed by atoms with Crippen molar-refractivity contribution in [3.63, 3.8) is 0 Å². The van der Waals surface area contributed by atoms with Crippen LogP contribution in [0.5, 0.6) is 0 Å². The van der Waals surface area contributed by atoms with Gasteiger partial charge >= 0.3 is 0 Å². The van der Waals surface area contributed by atoms with Crippen molar-refractivity contribution in [1.29, 1.82) is 5.26 Å². The van der Waals surface area contributed by atoms with Crippen LogP contribution in [0.4, 0.5) is 0 Å². The molecule has 0 saturated carbocycles. The van der Waals surface area contributed by atoms with E-state index in [0.717, 1.165) is 51.1 Å². The van der Waals surface area contributed by atoms with E-state index in [1.807, 2.05) is 29.2 Å². The lowest BCUT2D eigenvalue weighted by molar-refractivity contribution is -0.142. The third-order valence-electron chi connectivity index (χ3n) is 4.35. The lowest BCUT2D eigenvalue weighted by Gasteiger charge is -2.35. The van der Waals surface area contributed by atoms with Crippen LogP contribution in [0, 0.1) is 11.3 Å². The number of amides is 1. The molecule has 0 spiro atoms. The molecule has 1 atom stereocenters. The van der Waals surface area contributed by atoms with E-state index in [-0.39, 0.29) is 12.0 Å². The van der Waals surface area contributed by atoms with Crippen molar-refractivity contribution < 1.29 is 9.53 Å². The van der Waals surface area contributed by atoms with Gasteiger partial charge < -0.3 is 9.64 Å². The standard InChI is InChI=1S/C17H21N3O2/c18-12-14-3-1-4-15(11-14)13-19-6-8-20(9-7-19)17(21)16-5-2-10-22-16/h1,3-4,11,16H,2,5-10,13H2/t16-/m1/s1. The topological polar surface area (TPSA) is 56.6 Å². The zero-order valence-electron chi connectivity index (χ0n) is 12.7. The maximum absolute atomic E-state index is 12.3. The molecule has 2 heterocycles. The molecule has 22 heavy (non-hydrogen) atoms. The summed E-state index contributed by atoms with van der Waals surface area (Å²) in [6.45, 7) is 4.81. The molecule has 5 nitrogen and oxygen atoms in total. The Bertz CT molecular complexity index is 568. The first kappa shape index (κ1) is 15.0. The summed E-state index contributed by atoms with van der Waals surface area (Å²) < 4.78 is 5.48. The van der Waals surface area contributed by atoms with E-state index in [0.29, 0.717) is 12.2 Å². The predicted molar refractivity (Wildman–Crippen MR) is 82.0 cm³/mol. The predicted octanol–water partition coefficient (Wildman–Crippen LogP) is 1.38. The Kier molecular flexibility index (Phi) is 4.71. The van der Waals surface area contributed by atoms with Gasteiger partial charge in [0.25, 0.3) is 5.91 Å². The molecule has 0 aliphatic carbocycles. The van der Waals surface area contributed by atoms with Gasteiger partial charge in [0.2, 0.25) is 0 Å². The van der Waals surface area contributed by atoms with E-state index >= 15 is 0 Å². The minimum absolute atomic E-state index is 0.156. The molecule has 0 unspecified atom stereocenters. The minimum Gasteiger partial charge on any atom is -0.368 e. The number of piperazine rings is 1. The lowest BCUT2D eigenvalue weighted by Crippen LogP contribution is -2.51. The van der Waals surface area contributed by atoms with Gasteiger partial charge in [-0.15, -0.1) is 0 Å². The first-order valence-electron chi connectivity index (χ1n) is 7.88. The van der Waals surface area contributed by atoms with E-state index in [2.05, 4.69) is 11.0 Å². The van der Waals surface area contributed by atoms with Crippen molar-refractivity contribution in [1.82, 2.24) is 9.80 Å². The molecule has 1 aromatic carbocycles. The summed E-state index contributed by atoms with van der Waals surface area (Å²) in [5.41, 5.74) is 1.85. The zero-order valence-corrected chi connectivity index (χ0v) is 12.7. The summed E-state index contributed by atoms with van der Waals surface area (Å²) in [6, 6.07) is 9.90. The monoisotopic (exact) mass is 299 g/mol. The van der Waals surface area contributed by atoms with Crippen LogP contribution < -0.4 is 0 Å². The van der Waals surface area contributed by atoms with Crippen molar-refractivity contribution in [3.8, 4) is 6.07 Å². The second-order valence-electron chi connectivity index (χ2n) is 5.92. The van der Waals surface area contributed by atoms with Gasteiger partial charge in [0.15, 0.2) is 0 Å². The number of carbonyl (C=O) groups is 1. The minimum atomic E-state index is -0.209. The summed E-state index contributed by atoms with van der Waals surface area (Å²) in [6.07, 6.45) is 1.64. The number of hydrogen-bond donors (Lipinski definition) is 0. The van der Waals surface area contributed by atoms with Crippen molar-refractivity contribution >= 4 is 5.91 Å². The molecule has 0 radical (unpaired) electrons.